The first-order valence-corrected chi connectivity index (χ1v) is 9.01. The van der Waals surface area contributed by atoms with Gasteiger partial charge in [-0.25, -0.2) is 0 Å². The molecule has 5 aliphatic carbocycles. The third-order valence-corrected chi connectivity index (χ3v) is 6.91. The normalized spacial score (nSPS) is 43.5. The van der Waals surface area contributed by atoms with Crippen molar-refractivity contribution in [2.24, 2.45) is 28.6 Å². The van der Waals surface area contributed by atoms with Gasteiger partial charge in [-0.1, -0.05) is 0 Å². The number of hydrogen-bond donors (Lipinski definition) is 1. The van der Waals surface area contributed by atoms with Crippen LogP contribution in [0, 0.1) is 28.6 Å². The smallest absolute Gasteiger partial charge is 0.226 e. The number of amides is 1. The third kappa shape index (κ3) is 2.19. The van der Waals surface area contributed by atoms with Crippen LogP contribution in [0.2, 0.25) is 0 Å². The summed E-state index contributed by atoms with van der Waals surface area (Å²) in [6.07, 6.45) is 11.3. The van der Waals surface area contributed by atoms with Crippen molar-refractivity contribution in [2.45, 2.75) is 57.8 Å². The molecule has 20 heavy (non-hydrogen) atoms. The zero-order valence-corrected chi connectivity index (χ0v) is 13.1. The quantitative estimate of drug-likeness (QED) is 0.769. The molecule has 1 N–H and O–H groups in total. The van der Waals surface area contributed by atoms with E-state index in [0.717, 1.165) is 36.6 Å². The molecule has 0 aromatic rings. The first-order chi connectivity index (χ1) is 9.63. The molecule has 5 rings (SSSR count). The molecule has 0 aliphatic heterocycles. The van der Waals surface area contributed by atoms with Crippen molar-refractivity contribution in [3.05, 3.63) is 0 Å². The molecule has 0 aromatic carbocycles. The fraction of sp³-hybridized carbons (Fsp3) is 0.941. The highest BCUT2D eigenvalue weighted by molar-refractivity contribution is 6.17. The maximum atomic E-state index is 12.8. The first kappa shape index (κ1) is 13.4. The summed E-state index contributed by atoms with van der Waals surface area (Å²) >= 11 is 5.89. The van der Waals surface area contributed by atoms with E-state index in [1.165, 1.54) is 51.4 Å². The highest BCUT2D eigenvalue weighted by atomic mass is 35.5. The maximum absolute atomic E-state index is 12.8. The lowest BCUT2D eigenvalue weighted by Gasteiger charge is -2.55. The molecule has 1 amide bonds. The summed E-state index contributed by atoms with van der Waals surface area (Å²) in [6.45, 7) is 0.875. The topological polar surface area (TPSA) is 29.1 Å². The molecule has 0 atom stereocenters. The Kier molecular flexibility index (Phi) is 3.11. The first-order valence-electron chi connectivity index (χ1n) is 8.47. The minimum atomic E-state index is 0.0196. The van der Waals surface area contributed by atoms with E-state index in [-0.39, 0.29) is 5.41 Å². The third-order valence-electron chi connectivity index (χ3n) is 6.73. The molecule has 0 unspecified atom stereocenters. The van der Waals surface area contributed by atoms with Gasteiger partial charge in [0.15, 0.2) is 0 Å². The van der Waals surface area contributed by atoms with Gasteiger partial charge in [0.1, 0.15) is 0 Å². The van der Waals surface area contributed by atoms with Crippen molar-refractivity contribution in [1.29, 1.82) is 0 Å². The van der Waals surface area contributed by atoms with E-state index >= 15 is 0 Å². The standard InChI is InChI=1S/C17H26ClNO/c18-4-3-16(1-2-16)11-19-15(20)17-8-12-5-13(9-17)7-14(6-12)10-17/h12-14H,1-11H2,(H,19,20). The van der Waals surface area contributed by atoms with Gasteiger partial charge >= 0.3 is 0 Å². The monoisotopic (exact) mass is 295 g/mol. The average Bonchev–Trinajstić information content (AvgIpc) is 3.15. The predicted molar refractivity (Wildman–Crippen MR) is 80.6 cm³/mol. The summed E-state index contributed by atoms with van der Waals surface area (Å²) in [5, 5.41) is 3.33. The number of hydrogen-bond acceptors (Lipinski definition) is 1. The fourth-order valence-corrected chi connectivity index (χ4v) is 6.14. The summed E-state index contributed by atoms with van der Waals surface area (Å²) in [7, 11) is 0. The van der Waals surface area contributed by atoms with Gasteiger partial charge in [0.25, 0.3) is 0 Å². The second-order valence-electron chi connectivity index (χ2n) is 8.32. The van der Waals surface area contributed by atoms with E-state index < -0.39 is 0 Å². The Labute approximate surface area is 127 Å². The van der Waals surface area contributed by atoms with Gasteiger partial charge in [-0.15, -0.1) is 11.6 Å². The van der Waals surface area contributed by atoms with Crippen LogP contribution in [0.3, 0.4) is 0 Å². The Bertz CT molecular complexity index is 380. The molecule has 4 bridgehead atoms. The highest BCUT2D eigenvalue weighted by Crippen LogP contribution is 2.60. The van der Waals surface area contributed by atoms with Crippen LogP contribution in [0.5, 0.6) is 0 Å². The molecule has 3 heteroatoms. The largest absolute Gasteiger partial charge is 0.355 e. The molecular formula is C17H26ClNO. The average molecular weight is 296 g/mol. The Morgan fingerprint density at radius 1 is 1.05 bits per heavy atom. The predicted octanol–water partition coefficient (Wildman–Crippen LogP) is 3.73. The Morgan fingerprint density at radius 2 is 1.60 bits per heavy atom. The number of carbonyl (C=O) groups is 1. The zero-order chi connectivity index (χ0) is 13.8. The minimum Gasteiger partial charge on any atom is -0.355 e. The SMILES string of the molecule is O=C(NCC1(CCCl)CC1)C12CC3CC(CC(C3)C1)C2. The number of rotatable bonds is 5. The Balaban J connectivity index is 1.41. The van der Waals surface area contributed by atoms with E-state index in [2.05, 4.69) is 5.32 Å². The molecule has 5 fully saturated rings. The van der Waals surface area contributed by atoms with Crippen molar-refractivity contribution < 1.29 is 4.79 Å². The van der Waals surface area contributed by atoms with Gasteiger partial charge in [0, 0.05) is 17.8 Å². The number of nitrogens with one attached hydrogen (secondary N) is 1. The van der Waals surface area contributed by atoms with Gasteiger partial charge in [-0.2, -0.15) is 0 Å². The van der Waals surface area contributed by atoms with E-state index in [1.807, 2.05) is 0 Å². The second kappa shape index (κ2) is 4.63. The van der Waals surface area contributed by atoms with Gasteiger partial charge < -0.3 is 5.32 Å². The van der Waals surface area contributed by atoms with Crippen molar-refractivity contribution in [3.63, 3.8) is 0 Å². The van der Waals surface area contributed by atoms with Gasteiger partial charge in [0.05, 0.1) is 0 Å². The van der Waals surface area contributed by atoms with Crippen LogP contribution in [0.4, 0.5) is 0 Å². The van der Waals surface area contributed by atoms with Crippen LogP contribution in [-0.2, 0) is 4.79 Å². The van der Waals surface area contributed by atoms with Crippen molar-refractivity contribution in [1.82, 2.24) is 5.32 Å². The van der Waals surface area contributed by atoms with Gasteiger partial charge in [-0.3, -0.25) is 4.79 Å². The van der Waals surface area contributed by atoms with E-state index in [0.29, 0.717) is 11.3 Å². The number of halogens is 1. The molecule has 0 aromatic heterocycles. The molecule has 112 valence electrons. The number of alkyl halides is 1. The van der Waals surface area contributed by atoms with Crippen molar-refractivity contribution >= 4 is 17.5 Å². The molecule has 0 spiro atoms. The zero-order valence-electron chi connectivity index (χ0n) is 12.3. The lowest BCUT2D eigenvalue weighted by molar-refractivity contribution is -0.146. The Hall–Kier alpha value is -0.240. The summed E-state index contributed by atoms with van der Waals surface area (Å²) in [4.78, 5) is 12.8. The molecule has 0 saturated heterocycles. The summed E-state index contributed by atoms with van der Waals surface area (Å²) in [5.74, 6) is 3.67. The van der Waals surface area contributed by atoms with Crippen LogP contribution in [0.15, 0.2) is 0 Å². The van der Waals surface area contributed by atoms with E-state index in [4.69, 9.17) is 11.6 Å². The lowest BCUT2D eigenvalue weighted by atomic mass is 9.49. The van der Waals surface area contributed by atoms with Crippen molar-refractivity contribution in [2.75, 3.05) is 12.4 Å². The molecule has 0 heterocycles. The molecule has 2 nitrogen and oxygen atoms in total. The maximum Gasteiger partial charge on any atom is 0.226 e. The number of carbonyl (C=O) groups excluding carboxylic acids is 1. The minimum absolute atomic E-state index is 0.0196. The lowest BCUT2D eigenvalue weighted by Crippen LogP contribution is -2.54. The van der Waals surface area contributed by atoms with Gasteiger partial charge in [-0.05, 0) is 81.0 Å². The van der Waals surface area contributed by atoms with Gasteiger partial charge in [0.2, 0.25) is 5.91 Å². The summed E-state index contributed by atoms with van der Waals surface area (Å²) in [6, 6.07) is 0. The van der Waals surface area contributed by atoms with Crippen LogP contribution in [0.25, 0.3) is 0 Å². The van der Waals surface area contributed by atoms with Crippen LogP contribution >= 0.6 is 11.6 Å². The van der Waals surface area contributed by atoms with Crippen LogP contribution < -0.4 is 5.32 Å². The Morgan fingerprint density at radius 3 is 2.05 bits per heavy atom. The second-order valence-corrected chi connectivity index (χ2v) is 8.70. The van der Waals surface area contributed by atoms with Crippen molar-refractivity contribution in [3.8, 4) is 0 Å². The highest BCUT2D eigenvalue weighted by Gasteiger charge is 2.55. The molecule has 5 aliphatic rings. The molecular weight excluding hydrogens is 270 g/mol. The summed E-state index contributed by atoms with van der Waals surface area (Å²) in [5.41, 5.74) is 0.380. The molecule has 5 saturated carbocycles. The van der Waals surface area contributed by atoms with Crippen LogP contribution in [-0.4, -0.2) is 18.3 Å². The van der Waals surface area contributed by atoms with E-state index in [1.54, 1.807) is 0 Å². The van der Waals surface area contributed by atoms with E-state index in [9.17, 15) is 4.79 Å². The summed E-state index contributed by atoms with van der Waals surface area (Å²) < 4.78 is 0. The molecule has 0 radical (unpaired) electrons. The van der Waals surface area contributed by atoms with Crippen LogP contribution in [0.1, 0.15) is 57.8 Å². The fourth-order valence-electron chi connectivity index (χ4n) is 5.74.